The fraction of sp³-hybridized carbons (Fsp3) is 0.562. The molecule has 1 aliphatic heterocycles. The van der Waals surface area contributed by atoms with Crippen molar-refractivity contribution in [2.24, 2.45) is 0 Å². The van der Waals surface area contributed by atoms with Gasteiger partial charge in [-0.1, -0.05) is 0 Å². The second-order valence-corrected chi connectivity index (χ2v) is 5.71. The van der Waals surface area contributed by atoms with Crippen molar-refractivity contribution in [2.45, 2.75) is 51.8 Å². The Kier molecular flexibility index (Phi) is 5.56. The summed E-state index contributed by atoms with van der Waals surface area (Å²) >= 11 is 0. The molecule has 2 rings (SSSR count). The van der Waals surface area contributed by atoms with Crippen molar-refractivity contribution >= 4 is 5.91 Å². The summed E-state index contributed by atoms with van der Waals surface area (Å²) in [5.41, 5.74) is 0.797. The molecule has 0 unspecified atom stereocenters. The number of halogens is 1. The minimum atomic E-state index is -0.270. The molecular weight excluding hydrogens is 271 g/mol. The standard InChI is InChI=1S/C16H23FN2O2/c1-11(2)21-15-7-6-13(17)8-12(15)9-18-10-14-4-3-5-16(20)19-14/h6-8,11,14,18H,3-5,9-10H2,1-2H3,(H,19,20)/t14-/m1/s1. The fourth-order valence-corrected chi connectivity index (χ4v) is 2.47. The second kappa shape index (κ2) is 7.41. The molecule has 0 bridgehead atoms. The molecule has 1 atom stereocenters. The SMILES string of the molecule is CC(C)Oc1ccc(F)cc1CNC[C@H]1CCCC(=O)N1. The van der Waals surface area contributed by atoms with Crippen molar-refractivity contribution in [3.05, 3.63) is 29.6 Å². The molecule has 4 nitrogen and oxygen atoms in total. The number of amides is 1. The number of hydrogen-bond donors (Lipinski definition) is 2. The summed E-state index contributed by atoms with van der Waals surface area (Å²) in [6.07, 6.45) is 2.58. The number of benzene rings is 1. The maximum absolute atomic E-state index is 13.4. The minimum Gasteiger partial charge on any atom is -0.491 e. The van der Waals surface area contributed by atoms with Gasteiger partial charge in [0.1, 0.15) is 11.6 Å². The van der Waals surface area contributed by atoms with Crippen LogP contribution in [-0.4, -0.2) is 24.6 Å². The van der Waals surface area contributed by atoms with Crippen LogP contribution in [0, 0.1) is 5.82 Å². The smallest absolute Gasteiger partial charge is 0.220 e. The Morgan fingerprint density at radius 1 is 1.48 bits per heavy atom. The zero-order valence-corrected chi connectivity index (χ0v) is 12.6. The highest BCUT2D eigenvalue weighted by molar-refractivity contribution is 5.76. The van der Waals surface area contributed by atoms with Crippen molar-refractivity contribution in [3.8, 4) is 5.75 Å². The van der Waals surface area contributed by atoms with Crippen LogP contribution in [0.15, 0.2) is 18.2 Å². The third kappa shape index (κ3) is 5.01. The van der Waals surface area contributed by atoms with Crippen LogP contribution in [0.4, 0.5) is 4.39 Å². The van der Waals surface area contributed by atoms with E-state index in [1.807, 2.05) is 13.8 Å². The van der Waals surface area contributed by atoms with E-state index < -0.39 is 0 Å². The number of carbonyl (C=O) groups excluding carboxylic acids is 1. The van der Waals surface area contributed by atoms with Gasteiger partial charge in [-0.15, -0.1) is 0 Å². The molecule has 0 radical (unpaired) electrons. The number of carbonyl (C=O) groups is 1. The van der Waals surface area contributed by atoms with Gasteiger partial charge >= 0.3 is 0 Å². The van der Waals surface area contributed by atoms with Gasteiger partial charge in [-0.05, 0) is 44.9 Å². The topological polar surface area (TPSA) is 50.4 Å². The first-order chi connectivity index (χ1) is 10.0. The third-order valence-corrected chi connectivity index (χ3v) is 3.41. The van der Waals surface area contributed by atoms with Gasteiger partial charge in [-0.2, -0.15) is 0 Å². The summed E-state index contributed by atoms with van der Waals surface area (Å²) in [6.45, 7) is 5.09. The zero-order valence-electron chi connectivity index (χ0n) is 12.6. The Labute approximate surface area is 125 Å². The summed E-state index contributed by atoms with van der Waals surface area (Å²) in [7, 11) is 0. The number of nitrogens with one attached hydrogen (secondary N) is 2. The van der Waals surface area contributed by atoms with Crippen LogP contribution in [0.1, 0.15) is 38.7 Å². The lowest BCUT2D eigenvalue weighted by molar-refractivity contribution is -0.123. The number of piperidine rings is 1. The fourth-order valence-electron chi connectivity index (χ4n) is 2.47. The van der Waals surface area contributed by atoms with Gasteiger partial charge < -0.3 is 15.4 Å². The van der Waals surface area contributed by atoms with E-state index in [0.717, 1.165) is 18.4 Å². The van der Waals surface area contributed by atoms with Crippen molar-refractivity contribution in [3.63, 3.8) is 0 Å². The summed E-state index contributed by atoms with van der Waals surface area (Å²) in [6, 6.07) is 4.72. The normalized spacial score (nSPS) is 18.7. The molecule has 0 aromatic heterocycles. The summed E-state index contributed by atoms with van der Waals surface area (Å²) in [4.78, 5) is 11.3. The van der Waals surface area contributed by atoms with E-state index in [-0.39, 0.29) is 23.9 Å². The zero-order chi connectivity index (χ0) is 15.2. The van der Waals surface area contributed by atoms with Crippen LogP contribution in [0.5, 0.6) is 5.75 Å². The molecule has 116 valence electrons. The van der Waals surface area contributed by atoms with E-state index >= 15 is 0 Å². The molecule has 1 fully saturated rings. The summed E-state index contributed by atoms with van der Waals surface area (Å²) < 4.78 is 19.1. The molecule has 0 aliphatic carbocycles. The molecule has 21 heavy (non-hydrogen) atoms. The Morgan fingerprint density at radius 2 is 2.29 bits per heavy atom. The first-order valence-electron chi connectivity index (χ1n) is 7.50. The number of ether oxygens (including phenoxy) is 1. The highest BCUT2D eigenvalue weighted by Gasteiger charge is 2.17. The minimum absolute atomic E-state index is 0.0480. The van der Waals surface area contributed by atoms with E-state index in [4.69, 9.17) is 4.74 Å². The molecule has 1 heterocycles. The van der Waals surface area contributed by atoms with Crippen molar-refractivity contribution in [2.75, 3.05) is 6.54 Å². The average Bonchev–Trinajstić information content (AvgIpc) is 2.41. The highest BCUT2D eigenvalue weighted by Crippen LogP contribution is 2.21. The molecule has 0 spiro atoms. The van der Waals surface area contributed by atoms with E-state index in [1.54, 1.807) is 6.07 Å². The Morgan fingerprint density at radius 3 is 3.00 bits per heavy atom. The lowest BCUT2D eigenvalue weighted by atomic mass is 10.0. The molecule has 2 N–H and O–H groups in total. The van der Waals surface area contributed by atoms with Gasteiger partial charge in [0.2, 0.25) is 5.91 Å². The lowest BCUT2D eigenvalue weighted by Gasteiger charge is -2.23. The monoisotopic (exact) mass is 294 g/mol. The average molecular weight is 294 g/mol. The van der Waals surface area contributed by atoms with E-state index in [0.29, 0.717) is 25.3 Å². The number of hydrogen-bond acceptors (Lipinski definition) is 3. The Bertz CT molecular complexity index is 491. The third-order valence-electron chi connectivity index (χ3n) is 3.41. The van der Waals surface area contributed by atoms with Gasteiger partial charge in [0.25, 0.3) is 0 Å². The van der Waals surface area contributed by atoms with Crippen LogP contribution in [0.2, 0.25) is 0 Å². The molecule has 5 heteroatoms. The van der Waals surface area contributed by atoms with E-state index in [1.165, 1.54) is 12.1 Å². The van der Waals surface area contributed by atoms with Crippen molar-refractivity contribution in [1.29, 1.82) is 0 Å². The lowest BCUT2D eigenvalue weighted by Crippen LogP contribution is -2.44. The van der Waals surface area contributed by atoms with E-state index in [9.17, 15) is 9.18 Å². The predicted octanol–water partition coefficient (Wildman–Crippen LogP) is 2.37. The first kappa shape index (κ1) is 15.8. The molecule has 1 amide bonds. The molecular formula is C16H23FN2O2. The molecule has 0 saturated carbocycles. The molecule has 1 aliphatic rings. The van der Waals surface area contributed by atoms with Gasteiger partial charge in [-0.3, -0.25) is 4.79 Å². The van der Waals surface area contributed by atoms with Crippen LogP contribution in [0.25, 0.3) is 0 Å². The van der Waals surface area contributed by atoms with Crippen molar-refractivity contribution < 1.29 is 13.9 Å². The highest BCUT2D eigenvalue weighted by atomic mass is 19.1. The Balaban J connectivity index is 1.89. The molecule has 1 saturated heterocycles. The predicted molar refractivity (Wildman–Crippen MR) is 79.7 cm³/mol. The molecule has 1 aromatic carbocycles. The number of rotatable bonds is 6. The second-order valence-electron chi connectivity index (χ2n) is 5.71. The molecule has 1 aromatic rings. The van der Waals surface area contributed by atoms with Crippen LogP contribution in [0.3, 0.4) is 0 Å². The maximum atomic E-state index is 13.4. The Hall–Kier alpha value is -1.62. The van der Waals surface area contributed by atoms with Crippen molar-refractivity contribution in [1.82, 2.24) is 10.6 Å². The van der Waals surface area contributed by atoms with Gasteiger partial charge in [0, 0.05) is 31.1 Å². The largest absolute Gasteiger partial charge is 0.491 e. The van der Waals surface area contributed by atoms with Crippen LogP contribution in [-0.2, 0) is 11.3 Å². The van der Waals surface area contributed by atoms with E-state index in [2.05, 4.69) is 10.6 Å². The van der Waals surface area contributed by atoms with Gasteiger partial charge in [0.05, 0.1) is 6.10 Å². The quantitative estimate of drug-likeness (QED) is 0.847. The first-order valence-corrected chi connectivity index (χ1v) is 7.50. The maximum Gasteiger partial charge on any atom is 0.220 e. The summed E-state index contributed by atoms with van der Waals surface area (Å²) in [5.74, 6) is 0.545. The van der Waals surface area contributed by atoms with Gasteiger partial charge in [-0.25, -0.2) is 4.39 Å². The summed E-state index contributed by atoms with van der Waals surface area (Å²) in [5, 5.41) is 6.23. The van der Waals surface area contributed by atoms with Crippen LogP contribution < -0.4 is 15.4 Å². The van der Waals surface area contributed by atoms with Crippen LogP contribution >= 0.6 is 0 Å². The van der Waals surface area contributed by atoms with Gasteiger partial charge in [0.15, 0.2) is 0 Å².